The van der Waals surface area contributed by atoms with E-state index in [0.717, 1.165) is 19.5 Å². The summed E-state index contributed by atoms with van der Waals surface area (Å²) in [6.45, 7) is 8.03. The maximum atomic E-state index is 11.8. The molecule has 1 rings (SSSR count). The van der Waals surface area contributed by atoms with Gasteiger partial charge in [-0.05, 0) is 19.3 Å². The summed E-state index contributed by atoms with van der Waals surface area (Å²) in [6.07, 6.45) is 0.913. The second-order valence-electron chi connectivity index (χ2n) is 4.58. The topological polar surface area (TPSA) is 32.3 Å². The Balaban J connectivity index is 2.69. The van der Waals surface area contributed by atoms with Crippen LogP contribution in [0.2, 0.25) is 0 Å². The van der Waals surface area contributed by atoms with Gasteiger partial charge in [-0.1, -0.05) is 13.8 Å². The number of nitrogens with one attached hydrogen (secondary N) is 1. The van der Waals surface area contributed by atoms with Gasteiger partial charge in [-0.25, -0.2) is 0 Å². The molecule has 1 aliphatic heterocycles. The normalized spacial score (nSPS) is 29.9. The quantitative estimate of drug-likeness (QED) is 0.690. The lowest BCUT2D eigenvalue weighted by atomic mass is 9.88. The molecule has 0 aromatic carbocycles. The minimum absolute atomic E-state index is 0.229. The van der Waals surface area contributed by atoms with Crippen LogP contribution in [0.15, 0.2) is 0 Å². The van der Waals surface area contributed by atoms with E-state index in [1.807, 2.05) is 18.9 Å². The molecule has 1 aliphatic rings. The lowest BCUT2D eigenvalue weighted by Gasteiger charge is -2.39. The average molecular weight is 184 g/mol. The minimum atomic E-state index is -0.332. The third kappa shape index (κ3) is 2.21. The first-order valence-corrected chi connectivity index (χ1v) is 4.96. The van der Waals surface area contributed by atoms with Gasteiger partial charge in [-0.15, -0.1) is 0 Å². The lowest BCUT2D eigenvalue weighted by Crippen LogP contribution is -2.62. The molecular formula is C10H20N2O. The number of carbonyl (C=O) groups excluding carboxylic acids is 1. The maximum absolute atomic E-state index is 11.8. The van der Waals surface area contributed by atoms with Crippen molar-refractivity contribution in [3.05, 3.63) is 0 Å². The Kier molecular flexibility index (Phi) is 2.96. The van der Waals surface area contributed by atoms with Crippen molar-refractivity contribution in [2.75, 3.05) is 20.1 Å². The zero-order chi connectivity index (χ0) is 10.1. The molecule has 1 saturated heterocycles. The Morgan fingerprint density at radius 3 is 2.77 bits per heavy atom. The summed E-state index contributed by atoms with van der Waals surface area (Å²) in [4.78, 5) is 13.7. The van der Waals surface area contributed by atoms with Crippen LogP contribution in [-0.4, -0.2) is 36.5 Å². The summed E-state index contributed by atoms with van der Waals surface area (Å²) in [5, 5.41) is 3.32. The number of rotatable bonds is 2. The number of amides is 1. The van der Waals surface area contributed by atoms with Gasteiger partial charge in [0.2, 0.25) is 5.91 Å². The van der Waals surface area contributed by atoms with Gasteiger partial charge >= 0.3 is 0 Å². The fourth-order valence-corrected chi connectivity index (χ4v) is 2.07. The van der Waals surface area contributed by atoms with E-state index in [2.05, 4.69) is 19.2 Å². The first-order valence-electron chi connectivity index (χ1n) is 4.96. The SMILES string of the molecule is CC(C)CC1(C)NCCN(C)C1=O. The van der Waals surface area contributed by atoms with E-state index in [1.54, 1.807) is 0 Å². The van der Waals surface area contributed by atoms with Crippen molar-refractivity contribution in [2.45, 2.75) is 32.7 Å². The minimum Gasteiger partial charge on any atom is -0.343 e. The molecule has 13 heavy (non-hydrogen) atoms. The van der Waals surface area contributed by atoms with Gasteiger partial charge in [0, 0.05) is 20.1 Å². The van der Waals surface area contributed by atoms with E-state index in [4.69, 9.17) is 0 Å². The van der Waals surface area contributed by atoms with Crippen LogP contribution in [0.5, 0.6) is 0 Å². The van der Waals surface area contributed by atoms with E-state index >= 15 is 0 Å². The molecule has 0 bridgehead atoms. The Morgan fingerprint density at radius 2 is 2.23 bits per heavy atom. The lowest BCUT2D eigenvalue weighted by molar-refractivity contribution is -0.139. The Labute approximate surface area is 80.5 Å². The highest BCUT2D eigenvalue weighted by Crippen LogP contribution is 2.20. The molecule has 1 N–H and O–H groups in total. The van der Waals surface area contributed by atoms with Gasteiger partial charge < -0.3 is 10.2 Å². The van der Waals surface area contributed by atoms with Crippen molar-refractivity contribution in [1.82, 2.24) is 10.2 Å². The first-order chi connectivity index (χ1) is 5.96. The number of likely N-dealkylation sites (N-methyl/N-ethyl adjacent to an activating group) is 1. The fourth-order valence-electron chi connectivity index (χ4n) is 2.07. The highest BCUT2D eigenvalue weighted by Gasteiger charge is 2.38. The summed E-state index contributed by atoms with van der Waals surface area (Å²) < 4.78 is 0. The fraction of sp³-hybridized carbons (Fsp3) is 0.900. The molecule has 0 spiro atoms. The van der Waals surface area contributed by atoms with E-state index < -0.39 is 0 Å². The Bertz CT molecular complexity index is 203. The number of piperazine rings is 1. The van der Waals surface area contributed by atoms with Crippen LogP contribution in [0.25, 0.3) is 0 Å². The number of hydrogen-bond acceptors (Lipinski definition) is 2. The summed E-state index contributed by atoms with van der Waals surface area (Å²) in [7, 11) is 1.88. The molecule has 1 amide bonds. The van der Waals surface area contributed by atoms with E-state index in [9.17, 15) is 4.79 Å². The first kappa shape index (κ1) is 10.5. The van der Waals surface area contributed by atoms with Crippen molar-refractivity contribution in [1.29, 1.82) is 0 Å². The van der Waals surface area contributed by atoms with Gasteiger partial charge in [0.05, 0.1) is 5.54 Å². The molecule has 0 aromatic heterocycles. The predicted octanol–water partition coefficient (Wildman–Crippen LogP) is 0.853. The Morgan fingerprint density at radius 1 is 1.62 bits per heavy atom. The van der Waals surface area contributed by atoms with Crippen LogP contribution >= 0.6 is 0 Å². The monoisotopic (exact) mass is 184 g/mol. The van der Waals surface area contributed by atoms with Crippen molar-refractivity contribution < 1.29 is 4.79 Å². The molecule has 0 aromatic rings. The van der Waals surface area contributed by atoms with Crippen molar-refractivity contribution >= 4 is 5.91 Å². The molecular weight excluding hydrogens is 164 g/mol. The molecule has 3 nitrogen and oxygen atoms in total. The maximum Gasteiger partial charge on any atom is 0.242 e. The number of carbonyl (C=O) groups is 1. The molecule has 3 heteroatoms. The molecule has 1 atom stereocenters. The van der Waals surface area contributed by atoms with Crippen LogP contribution in [0.1, 0.15) is 27.2 Å². The van der Waals surface area contributed by atoms with Crippen LogP contribution < -0.4 is 5.32 Å². The second kappa shape index (κ2) is 3.66. The third-order valence-corrected chi connectivity index (χ3v) is 2.60. The van der Waals surface area contributed by atoms with Gasteiger partial charge in [-0.3, -0.25) is 4.79 Å². The second-order valence-corrected chi connectivity index (χ2v) is 4.58. The highest BCUT2D eigenvalue weighted by atomic mass is 16.2. The van der Waals surface area contributed by atoms with Crippen LogP contribution in [0.4, 0.5) is 0 Å². The Hall–Kier alpha value is -0.570. The van der Waals surface area contributed by atoms with Gasteiger partial charge in [0.1, 0.15) is 0 Å². The van der Waals surface area contributed by atoms with Crippen LogP contribution in [-0.2, 0) is 4.79 Å². The average Bonchev–Trinajstić information content (AvgIpc) is 1.99. The van der Waals surface area contributed by atoms with Crippen LogP contribution in [0, 0.1) is 5.92 Å². The molecule has 1 unspecified atom stereocenters. The number of hydrogen-bond donors (Lipinski definition) is 1. The standard InChI is InChI=1S/C10H20N2O/c1-8(2)7-10(3)9(13)12(4)6-5-11-10/h8,11H,5-7H2,1-4H3. The summed E-state index contributed by atoms with van der Waals surface area (Å²) in [5.74, 6) is 0.778. The van der Waals surface area contributed by atoms with Crippen molar-refractivity contribution in [3.63, 3.8) is 0 Å². The zero-order valence-electron chi connectivity index (χ0n) is 9.05. The largest absolute Gasteiger partial charge is 0.343 e. The van der Waals surface area contributed by atoms with E-state index in [0.29, 0.717) is 5.92 Å². The molecule has 0 saturated carbocycles. The smallest absolute Gasteiger partial charge is 0.242 e. The van der Waals surface area contributed by atoms with Gasteiger partial charge in [0.25, 0.3) is 0 Å². The molecule has 0 aliphatic carbocycles. The van der Waals surface area contributed by atoms with Gasteiger partial charge in [0.15, 0.2) is 0 Å². The predicted molar refractivity (Wildman–Crippen MR) is 53.5 cm³/mol. The van der Waals surface area contributed by atoms with Crippen molar-refractivity contribution in [3.8, 4) is 0 Å². The number of nitrogens with zero attached hydrogens (tertiary/aromatic N) is 1. The van der Waals surface area contributed by atoms with Crippen molar-refractivity contribution in [2.24, 2.45) is 5.92 Å². The summed E-state index contributed by atoms with van der Waals surface area (Å²) in [6, 6.07) is 0. The third-order valence-electron chi connectivity index (χ3n) is 2.60. The molecule has 1 heterocycles. The highest BCUT2D eigenvalue weighted by molar-refractivity contribution is 5.86. The van der Waals surface area contributed by atoms with Gasteiger partial charge in [-0.2, -0.15) is 0 Å². The van der Waals surface area contributed by atoms with Crippen LogP contribution in [0.3, 0.4) is 0 Å². The molecule has 76 valence electrons. The zero-order valence-corrected chi connectivity index (χ0v) is 9.05. The summed E-state index contributed by atoms with van der Waals surface area (Å²) in [5.41, 5.74) is -0.332. The molecule has 0 radical (unpaired) electrons. The summed E-state index contributed by atoms with van der Waals surface area (Å²) >= 11 is 0. The van der Waals surface area contributed by atoms with E-state index in [-0.39, 0.29) is 11.4 Å². The van der Waals surface area contributed by atoms with E-state index in [1.165, 1.54) is 0 Å². The molecule has 1 fully saturated rings.